The molecule has 1 N–H and O–H groups in total. The van der Waals surface area contributed by atoms with Crippen molar-refractivity contribution in [2.45, 2.75) is 19.4 Å². The summed E-state index contributed by atoms with van der Waals surface area (Å²) in [7, 11) is 3.55. The Morgan fingerprint density at radius 3 is 2.67 bits per heavy atom. The van der Waals surface area contributed by atoms with Gasteiger partial charge in [-0.1, -0.05) is 9.24 Å². The second-order valence-electron chi connectivity index (χ2n) is 3.14. The number of carboxylic acids is 1. The third kappa shape index (κ3) is 5.84. The smallest absolute Gasteiger partial charge is 0.325 e. The van der Waals surface area contributed by atoms with E-state index < -0.39 is 18.4 Å². The quantitative estimate of drug-likeness (QED) is 0.648. The van der Waals surface area contributed by atoms with Gasteiger partial charge in [-0.05, 0) is 13.0 Å². The van der Waals surface area contributed by atoms with Gasteiger partial charge in [0.15, 0.2) is 12.2 Å². The van der Waals surface area contributed by atoms with E-state index in [0.29, 0.717) is 6.29 Å². The van der Waals surface area contributed by atoms with Gasteiger partial charge in [-0.25, -0.2) is 4.39 Å². The first kappa shape index (κ1) is 16.7. The average molecular weight is 278 g/mol. The molecule has 0 bridgehead atoms. The van der Waals surface area contributed by atoms with E-state index in [1.54, 1.807) is 7.11 Å². The summed E-state index contributed by atoms with van der Waals surface area (Å²) in [6, 6.07) is 1.22. The zero-order chi connectivity index (χ0) is 14.1. The topological polar surface area (TPSA) is 81.4 Å². The number of nitrogens with zero attached hydrogens (tertiary/aromatic N) is 2. The highest BCUT2D eigenvalue weighted by molar-refractivity contribution is 7.16. The number of aliphatic carboxylic acids is 1. The zero-order valence-corrected chi connectivity index (χ0v) is 11.3. The second kappa shape index (κ2) is 8.72. The summed E-state index contributed by atoms with van der Waals surface area (Å²) in [5, 5.41) is 12.1. The number of aromatic nitrogens is 2. The molecule has 0 amide bonds. The Balaban J connectivity index is 0.000000631. The van der Waals surface area contributed by atoms with Crippen molar-refractivity contribution in [2.24, 2.45) is 0 Å². The Hall–Kier alpha value is -1.33. The Morgan fingerprint density at radius 2 is 2.33 bits per heavy atom. The lowest BCUT2D eigenvalue weighted by molar-refractivity contribution is -0.137. The molecule has 2 unspecified atom stereocenters. The maximum atomic E-state index is 12.9. The molecule has 0 aliphatic carbocycles. The number of rotatable bonds is 5. The molecule has 2 atom stereocenters. The van der Waals surface area contributed by atoms with Crippen molar-refractivity contribution in [3.8, 4) is 0 Å². The van der Waals surface area contributed by atoms with Crippen LogP contribution in [0.3, 0.4) is 0 Å². The first-order valence-electron chi connectivity index (χ1n) is 5.09. The molecular weight excluding hydrogens is 262 g/mol. The SMILES string of the molecule is CCOC.O=Cc1cc(C(F)P)n(CC(=O)O)n1. The monoisotopic (exact) mass is 278 g/mol. The lowest BCUT2D eigenvalue weighted by Crippen LogP contribution is -2.13. The van der Waals surface area contributed by atoms with Gasteiger partial charge in [0.05, 0.1) is 5.69 Å². The molecule has 0 aliphatic heterocycles. The maximum absolute atomic E-state index is 12.9. The largest absolute Gasteiger partial charge is 0.480 e. The highest BCUT2D eigenvalue weighted by atomic mass is 31.0. The number of carboxylic acid groups (broad SMARTS) is 1. The van der Waals surface area contributed by atoms with Crippen molar-refractivity contribution in [3.05, 3.63) is 17.5 Å². The summed E-state index contributed by atoms with van der Waals surface area (Å²) < 4.78 is 18.4. The first-order valence-corrected chi connectivity index (χ1v) is 5.76. The van der Waals surface area contributed by atoms with E-state index in [1.807, 2.05) is 16.2 Å². The van der Waals surface area contributed by atoms with E-state index >= 15 is 0 Å². The number of hydrogen-bond donors (Lipinski definition) is 1. The number of alkyl halides is 1. The minimum absolute atomic E-state index is 0.0198. The average Bonchev–Trinajstić information content (AvgIpc) is 2.72. The number of aldehydes is 1. The molecule has 0 radical (unpaired) electrons. The molecule has 0 spiro atoms. The van der Waals surface area contributed by atoms with Crippen molar-refractivity contribution in [2.75, 3.05) is 13.7 Å². The van der Waals surface area contributed by atoms with Crippen LogP contribution < -0.4 is 0 Å². The van der Waals surface area contributed by atoms with Gasteiger partial charge in [-0.3, -0.25) is 14.3 Å². The van der Waals surface area contributed by atoms with Crippen LogP contribution in [0, 0.1) is 0 Å². The third-order valence-electron chi connectivity index (χ3n) is 1.81. The number of carbonyl (C=O) groups excluding carboxylic acids is 1. The predicted molar refractivity (Wildman–Crippen MR) is 66.4 cm³/mol. The van der Waals surface area contributed by atoms with Crippen LogP contribution in [0.4, 0.5) is 4.39 Å². The summed E-state index contributed by atoms with van der Waals surface area (Å²) in [4.78, 5) is 20.7. The predicted octanol–water partition coefficient (Wildman–Crippen LogP) is 1.28. The van der Waals surface area contributed by atoms with Gasteiger partial charge in [-0.15, -0.1) is 0 Å². The molecular formula is C10H16FN2O4P. The van der Waals surface area contributed by atoms with E-state index in [-0.39, 0.29) is 11.4 Å². The van der Waals surface area contributed by atoms with Crippen LogP contribution in [0.2, 0.25) is 0 Å². The van der Waals surface area contributed by atoms with Crippen molar-refractivity contribution in [1.29, 1.82) is 0 Å². The standard InChI is InChI=1S/C7H8FN2O3P.C3H8O/c8-7(14)5-1-4(3-11)9-10(5)2-6(12)13;1-3-4-2/h1,3,7H,2,14H2,(H,12,13);3H2,1-2H3. The number of hydrogen-bond acceptors (Lipinski definition) is 4. The molecule has 1 heterocycles. The molecule has 1 rings (SSSR count). The molecule has 0 aliphatic rings. The Kier molecular flexibility index (Phi) is 8.07. The van der Waals surface area contributed by atoms with E-state index in [0.717, 1.165) is 11.3 Å². The minimum Gasteiger partial charge on any atom is -0.480 e. The summed E-state index contributed by atoms with van der Waals surface area (Å²) in [5.41, 5.74) is 0.0749. The molecule has 6 nitrogen and oxygen atoms in total. The summed E-state index contributed by atoms with van der Waals surface area (Å²) in [6.45, 7) is 2.32. The molecule has 1 aromatic rings. The normalized spacial score (nSPS) is 11.3. The van der Waals surface area contributed by atoms with Gasteiger partial charge < -0.3 is 9.84 Å². The van der Waals surface area contributed by atoms with Gasteiger partial charge in [-0.2, -0.15) is 5.10 Å². The number of methoxy groups -OCH3 is 1. The Bertz CT molecular complexity index is 393. The molecule has 0 fully saturated rings. The summed E-state index contributed by atoms with van der Waals surface area (Å²) in [5.74, 6) is -2.58. The Morgan fingerprint density at radius 1 is 1.78 bits per heavy atom. The maximum Gasteiger partial charge on any atom is 0.325 e. The number of ether oxygens (including phenoxy) is 1. The molecule has 8 heteroatoms. The van der Waals surface area contributed by atoms with Crippen LogP contribution in [-0.2, 0) is 16.1 Å². The van der Waals surface area contributed by atoms with E-state index in [1.165, 1.54) is 6.07 Å². The summed E-state index contributed by atoms with van der Waals surface area (Å²) >= 11 is 0. The first-order chi connectivity index (χ1) is 8.46. The van der Waals surface area contributed by atoms with Crippen LogP contribution in [0.15, 0.2) is 6.07 Å². The fraction of sp³-hybridized carbons (Fsp3) is 0.500. The van der Waals surface area contributed by atoms with Crippen LogP contribution in [0.25, 0.3) is 0 Å². The van der Waals surface area contributed by atoms with E-state index in [4.69, 9.17) is 5.11 Å². The Labute approximate surface area is 106 Å². The molecule has 0 saturated heterocycles. The van der Waals surface area contributed by atoms with Crippen LogP contribution >= 0.6 is 9.24 Å². The van der Waals surface area contributed by atoms with E-state index in [2.05, 4.69) is 9.84 Å². The second-order valence-corrected chi connectivity index (χ2v) is 3.73. The highest BCUT2D eigenvalue weighted by Gasteiger charge is 2.15. The van der Waals surface area contributed by atoms with Crippen LogP contribution in [0.1, 0.15) is 29.0 Å². The van der Waals surface area contributed by atoms with Gasteiger partial charge in [0.2, 0.25) is 0 Å². The van der Waals surface area contributed by atoms with Crippen molar-refractivity contribution in [1.82, 2.24) is 9.78 Å². The summed E-state index contributed by atoms with van der Waals surface area (Å²) in [6.07, 6.45) is 0.439. The third-order valence-corrected chi connectivity index (χ3v) is 2.15. The minimum atomic E-state index is -1.43. The fourth-order valence-corrected chi connectivity index (χ4v) is 1.25. The van der Waals surface area contributed by atoms with Crippen LogP contribution in [0.5, 0.6) is 0 Å². The molecule has 102 valence electrons. The molecule has 18 heavy (non-hydrogen) atoms. The highest BCUT2D eigenvalue weighted by Crippen LogP contribution is 2.24. The zero-order valence-electron chi connectivity index (χ0n) is 10.2. The van der Waals surface area contributed by atoms with Crippen molar-refractivity contribution >= 4 is 21.5 Å². The van der Waals surface area contributed by atoms with Crippen LogP contribution in [-0.4, -0.2) is 40.9 Å². The van der Waals surface area contributed by atoms with Crippen molar-refractivity contribution < 1.29 is 23.8 Å². The van der Waals surface area contributed by atoms with Gasteiger partial charge in [0.1, 0.15) is 12.2 Å². The van der Waals surface area contributed by atoms with Gasteiger partial charge in [0.25, 0.3) is 0 Å². The lowest BCUT2D eigenvalue weighted by Gasteiger charge is -2.04. The number of halogens is 1. The lowest BCUT2D eigenvalue weighted by atomic mass is 10.4. The molecule has 0 saturated carbocycles. The van der Waals surface area contributed by atoms with Gasteiger partial charge in [0, 0.05) is 13.7 Å². The number of carbonyl (C=O) groups is 2. The van der Waals surface area contributed by atoms with Gasteiger partial charge >= 0.3 is 5.97 Å². The van der Waals surface area contributed by atoms with Crippen molar-refractivity contribution in [3.63, 3.8) is 0 Å². The fourth-order valence-electron chi connectivity index (χ4n) is 0.986. The molecule has 1 aromatic heterocycles. The van der Waals surface area contributed by atoms with E-state index in [9.17, 15) is 14.0 Å². The molecule has 0 aromatic carbocycles.